The Morgan fingerprint density at radius 1 is 0.927 bits per heavy atom. The van der Waals surface area contributed by atoms with Crippen molar-refractivity contribution < 1.29 is 41.0 Å². The van der Waals surface area contributed by atoms with Gasteiger partial charge in [0, 0.05) is 17.7 Å². The van der Waals surface area contributed by atoms with Gasteiger partial charge in [0.15, 0.2) is 0 Å². The zero-order valence-corrected chi connectivity index (χ0v) is 23.9. The Hall–Kier alpha value is -3.40. The van der Waals surface area contributed by atoms with E-state index in [1.165, 1.54) is 18.1 Å². The maximum atomic E-state index is 12.9. The van der Waals surface area contributed by atoms with Crippen molar-refractivity contribution in [2.45, 2.75) is 65.9 Å². The van der Waals surface area contributed by atoms with Crippen LogP contribution in [0.3, 0.4) is 0 Å². The molecule has 0 saturated heterocycles. The Balaban J connectivity index is 0.000000295. The normalized spacial score (nSPS) is 12.5. The largest absolute Gasteiger partial charge is 0.506 e. The summed E-state index contributed by atoms with van der Waals surface area (Å²) in [5.74, 6) is -1.13. The fourth-order valence-corrected chi connectivity index (χ4v) is 4.22. The van der Waals surface area contributed by atoms with Crippen LogP contribution >= 0.6 is 11.6 Å². The molecule has 0 aromatic heterocycles. The van der Waals surface area contributed by atoms with E-state index in [0.29, 0.717) is 17.8 Å². The minimum Gasteiger partial charge on any atom is -0.506 e. The molecule has 11 heteroatoms. The molecule has 0 radical (unpaired) electrons. The van der Waals surface area contributed by atoms with E-state index in [4.69, 9.17) is 22.1 Å². The van der Waals surface area contributed by atoms with E-state index in [1.807, 2.05) is 12.1 Å². The third-order valence-electron chi connectivity index (χ3n) is 6.14. The molecule has 0 aliphatic rings. The minimum absolute atomic E-state index is 0.0334. The van der Waals surface area contributed by atoms with Crippen molar-refractivity contribution in [3.8, 4) is 16.9 Å². The summed E-state index contributed by atoms with van der Waals surface area (Å²) in [5.41, 5.74) is 7.68. The van der Waals surface area contributed by atoms with Crippen LogP contribution in [0.15, 0.2) is 48.5 Å². The molecule has 0 aliphatic heterocycles. The first-order valence-electron chi connectivity index (χ1n) is 12.8. The fraction of sp³-hybridized carbons (Fsp3) is 0.367. The topological polar surface area (TPSA) is 72.5 Å². The van der Waals surface area contributed by atoms with Gasteiger partial charge in [0.25, 0.3) is 0 Å². The van der Waals surface area contributed by atoms with Gasteiger partial charge < -0.3 is 15.6 Å². The average molecular weight is 604 g/mol. The van der Waals surface area contributed by atoms with Crippen molar-refractivity contribution >= 4 is 23.3 Å². The molecule has 3 aromatic rings. The van der Waals surface area contributed by atoms with Gasteiger partial charge in [-0.3, -0.25) is 4.79 Å². The first-order chi connectivity index (χ1) is 18.9. The zero-order chi connectivity index (χ0) is 31.3. The number of ether oxygens (including phenoxy) is 1. The Morgan fingerprint density at radius 3 is 1.95 bits per heavy atom. The highest BCUT2D eigenvalue weighted by molar-refractivity contribution is 6.32. The van der Waals surface area contributed by atoms with Gasteiger partial charge in [-0.1, -0.05) is 63.1 Å². The van der Waals surface area contributed by atoms with E-state index >= 15 is 0 Å². The lowest BCUT2D eigenvalue weighted by molar-refractivity contribution is -0.151. The quantitative estimate of drug-likeness (QED) is 0.127. The van der Waals surface area contributed by atoms with Crippen LogP contribution in [0.5, 0.6) is 5.75 Å². The van der Waals surface area contributed by atoms with Crippen molar-refractivity contribution in [1.29, 1.82) is 0 Å². The molecule has 3 N–H and O–H groups in total. The number of phenols is 1. The van der Waals surface area contributed by atoms with Crippen molar-refractivity contribution in [2.75, 3.05) is 5.73 Å². The van der Waals surface area contributed by atoms with Crippen molar-refractivity contribution in [2.24, 2.45) is 5.92 Å². The van der Waals surface area contributed by atoms with E-state index in [9.17, 15) is 36.2 Å². The van der Waals surface area contributed by atoms with Crippen LogP contribution in [-0.4, -0.2) is 11.1 Å². The predicted octanol–water partition coefficient (Wildman–Crippen LogP) is 9.54. The summed E-state index contributed by atoms with van der Waals surface area (Å²) in [6.07, 6.45) is -10.2. The van der Waals surface area contributed by atoms with Gasteiger partial charge in [0.2, 0.25) is 0 Å². The minimum atomic E-state index is -4.94. The maximum Gasteiger partial charge on any atom is 0.416 e. The molecule has 0 aliphatic carbocycles. The number of anilines is 1. The second-order valence-electron chi connectivity index (χ2n) is 9.75. The average Bonchev–Trinajstić information content (AvgIpc) is 2.88. The van der Waals surface area contributed by atoms with Crippen LogP contribution in [-0.2, 0) is 28.3 Å². The molecule has 41 heavy (non-hydrogen) atoms. The first-order valence-corrected chi connectivity index (χ1v) is 13.1. The maximum absolute atomic E-state index is 12.9. The monoisotopic (exact) mass is 603 g/mol. The number of carbonyl (C=O) groups is 1. The van der Waals surface area contributed by atoms with E-state index in [0.717, 1.165) is 17.5 Å². The van der Waals surface area contributed by atoms with E-state index in [-0.39, 0.29) is 28.8 Å². The summed E-state index contributed by atoms with van der Waals surface area (Å²) in [6.45, 7) is 8.73. The number of phenolic OH excluding ortho intramolecular Hbond substituents is 1. The molecule has 224 valence electrons. The predicted molar refractivity (Wildman–Crippen MR) is 147 cm³/mol. The van der Waals surface area contributed by atoms with Gasteiger partial charge in [0.05, 0.1) is 16.1 Å². The molecule has 0 spiro atoms. The lowest BCUT2D eigenvalue weighted by Gasteiger charge is -2.24. The Morgan fingerprint density at radius 2 is 1.49 bits per heavy atom. The summed E-state index contributed by atoms with van der Waals surface area (Å²) in [4.78, 5) is 11.4. The molecule has 3 rings (SSSR count). The van der Waals surface area contributed by atoms with E-state index in [1.54, 1.807) is 26.0 Å². The molecule has 0 amide bonds. The number of hydrogen-bond acceptors (Lipinski definition) is 4. The van der Waals surface area contributed by atoms with E-state index < -0.39 is 41.5 Å². The van der Waals surface area contributed by atoms with Crippen molar-refractivity contribution in [3.05, 3.63) is 81.4 Å². The lowest BCUT2D eigenvalue weighted by atomic mass is 9.94. The molecule has 4 nitrogen and oxygen atoms in total. The highest BCUT2D eigenvalue weighted by Gasteiger charge is 2.38. The van der Waals surface area contributed by atoms with Crippen molar-refractivity contribution in [3.63, 3.8) is 0 Å². The molecule has 1 unspecified atom stereocenters. The lowest BCUT2D eigenvalue weighted by Crippen LogP contribution is -2.18. The molecule has 0 bridgehead atoms. The van der Waals surface area contributed by atoms with Crippen LogP contribution in [0.25, 0.3) is 11.1 Å². The third kappa shape index (κ3) is 9.05. The number of rotatable bonds is 6. The molecule has 0 fully saturated rings. The summed E-state index contributed by atoms with van der Waals surface area (Å²) < 4.78 is 82.1. The smallest absolute Gasteiger partial charge is 0.416 e. The zero-order valence-electron chi connectivity index (χ0n) is 23.2. The number of halogens is 7. The van der Waals surface area contributed by atoms with Gasteiger partial charge >= 0.3 is 18.3 Å². The second-order valence-corrected chi connectivity index (χ2v) is 10.2. The fourth-order valence-electron chi connectivity index (χ4n) is 4.05. The van der Waals surface area contributed by atoms with E-state index in [2.05, 4.69) is 19.9 Å². The molecule has 1 atom stereocenters. The van der Waals surface area contributed by atoms with Gasteiger partial charge in [0.1, 0.15) is 11.9 Å². The number of hydrogen-bond donors (Lipinski definition) is 2. The number of aromatic hydroxyl groups is 1. The summed E-state index contributed by atoms with van der Waals surface area (Å²) in [5, 5.41) is 10.00. The van der Waals surface area contributed by atoms with Crippen LogP contribution in [0, 0.1) is 12.8 Å². The molecule has 0 heterocycles. The second kappa shape index (κ2) is 13.5. The summed E-state index contributed by atoms with van der Waals surface area (Å²) >= 11 is 5.84. The van der Waals surface area contributed by atoms with Gasteiger partial charge in [-0.25, -0.2) is 0 Å². The van der Waals surface area contributed by atoms with Crippen LogP contribution in [0.1, 0.15) is 68.0 Å². The SMILES string of the molecule is CCC(=O)OC(c1cc(C(F)(F)F)cc(C(F)(F)F)c1)C(C)C.CCc1cc(C)ccc1-c1cc(O)c(Cl)cc1N. The highest BCUT2D eigenvalue weighted by atomic mass is 35.5. The standard InChI is InChI=1S/C15H16ClNO.C15H16F6O2/c1-3-10-6-9(2)4-5-11(10)12-7-15(18)13(16)8-14(12)17;1-4-12(22)23-13(8(2)3)9-5-10(14(16,17)18)7-11(6-9)15(19,20)21/h4-8,18H,3,17H2,1-2H3;5-8,13H,4H2,1-3H3. The third-order valence-corrected chi connectivity index (χ3v) is 6.44. The number of alkyl halides is 6. The summed E-state index contributed by atoms with van der Waals surface area (Å²) in [7, 11) is 0. The number of esters is 1. The Kier molecular flexibility index (Phi) is 11.1. The Bertz CT molecular complexity index is 1340. The molecule has 3 aromatic carbocycles. The Labute approximate surface area is 240 Å². The number of nitrogens with two attached hydrogens (primary N) is 1. The van der Waals surface area contributed by atoms with Gasteiger partial charge in [-0.2, -0.15) is 26.3 Å². The molecular weight excluding hydrogens is 572 g/mol. The number of carbonyl (C=O) groups excluding carboxylic acids is 1. The molecular formula is C30H32ClF6NO3. The van der Waals surface area contributed by atoms with Gasteiger partial charge in [-0.05, 0) is 66.3 Å². The number of benzene rings is 3. The number of nitrogen functional groups attached to an aromatic ring is 1. The highest BCUT2D eigenvalue weighted by Crippen LogP contribution is 2.40. The molecule has 0 saturated carbocycles. The van der Waals surface area contributed by atoms with Crippen LogP contribution in [0.4, 0.5) is 32.0 Å². The number of aryl methyl sites for hydroxylation is 2. The first kappa shape index (κ1) is 33.8. The van der Waals surface area contributed by atoms with Gasteiger partial charge in [-0.15, -0.1) is 0 Å². The van der Waals surface area contributed by atoms with Crippen molar-refractivity contribution in [1.82, 2.24) is 0 Å². The van der Waals surface area contributed by atoms with Crippen LogP contribution in [0.2, 0.25) is 5.02 Å². The van der Waals surface area contributed by atoms with Crippen LogP contribution < -0.4 is 5.73 Å². The summed E-state index contributed by atoms with van der Waals surface area (Å²) in [6, 6.07) is 10.6.